The average Bonchev–Trinajstić information content (AvgIpc) is 2.36. The van der Waals surface area contributed by atoms with Gasteiger partial charge in [-0.25, -0.2) is 0 Å². The highest BCUT2D eigenvalue weighted by Gasteiger charge is 2.08. The maximum absolute atomic E-state index is 12.1. The number of carbonyl (C=O) groups excluding carboxylic acids is 1. The molecule has 1 aromatic rings. The van der Waals surface area contributed by atoms with Crippen molar-refractivity contribution in [1.82, 2.24) is 4.90 Å². The van der Waals surface area contributed by atoms with Gasteiger partial charge in [0, 0.05) is 22.0 Å². The molecule has 1 aromatic carbocycles. The summed E-state index contributed by atoms with van der Waals surface area (Å²) >= 11 is 3.38. The minimum absolute atomic E-state index is 0.0207. The molecule has 0 unspecified atom stereocenters. The van der Waals surface area contributed by atoms with Crippen molar-refractivity contribution in [1.29, 1.82) is 0 Å². The van der Waals surface area contributed by atoms with E-state index >= 15 is 0 Å². The molecule has 112 valence electrons. The highest BCUT2D eigenvalue weighted by atomic mass is 79.9. The van der Waals surface area contributed by atoms with Crippen LogP contribution in [0.15, 0.2) is 40.9 Å². The molecule has 0 saturated carbocycles. The molecule has 0 N–H and O–H groups in total. The van der Waals surface area contributed by atoms with Crippen LogP contribution >= 0.6 is 15.9 Å². The summed E-state index contributed by atoms with van der Waals surface area (Å²) in [6.45, 7) is 7.34. The number of benzene rings is 1. The van der Waals surface area contributed by atoms with Crippen LogP contribution in [0.2, 0.25) is 0 Å². The van der Waals surface area contributed by atoms with Gasteiger partial charge in [0.2, 0.25) is 0 Å². The summed E-state index contributed by atoms with van der Waals surface area (Å²) in [4.78, 5) is 14.1. The highest BCUT2D eigenvalue weighted by Crippen LogP contribution is 2.12. The molecule has 2 nitrogen and oxygen atoms in total. The zero-order valence-electron chi connectivity index (χ0n) is 13.1. The van der Waals surface area contributed by atoms with Gasteiger partial charge < -0.3 is 0 Å². The van der Waals surface area contributed by atoms with E-state index in [1.54, 1.807) is 0 Å². The Labute approximate surface area is 136 Å². The Morgan fingerprint density at radius 2 is 2.10 bits per heavy atom. The molecule has 0 bridgehead atoms. The van der Waals surface area contributed by atoms with Crippen molar-refractivity contribution in [2.45, 2.75) is 20.8 Å². The van der Waals surface area contributed by atoms with Crippen molar-refractivity contribution in [3.63, 3.8) is 0 Å². The zero-order valence-corrected chi connectivity index (χ0v) is 14.7. The molecule has 21 heavy (non-hydrogen) atoms. The summed E-state index contributed by atoms with van der Waals surface area (Å²) in [6.07, 6.45) is 3.83. The van der Waals surface area contributed by atoms with Crippen molar-refractivity contribution < 1.29 is 4.79 Å². The summed E-state index contributed by atoms with van der Waals surface area (Å²) in [5.74, 6) is 6.28. The molecular weight excluding hydrogens is 326 g/mol. The molecule has 0 atom stereocenters. The topological polar surface area (TPSA) is 20.3 Å². The van der Waals surface area contributed by atoms with Gasteiger partial charge in [0.05, 0.1) is 6.54 Å². The minimum atomic E-state index is 0.0207. The van der Waals surface area contributed by atoms with Gasteiger partial charge in [0.15, 0.2) is 5.78 Å². The number of rotatable bonds is 5. The van der Waals surface area contributed by atoms with E-state index in [4.69, 9.17) is 0 Å². The Bertz CT molecular complexity index is 573. The molecule has 0 aliphatic rings. The van der Waals surface area contributed by atoms with Crippen molar-refractivity contribution >= 4 is 21.7 Å². The van der Waals surface area contributed by atoms with Crippen molar-refractivity contribution in [3.05, 3.63) is 46.5 Å². The van der Waals surface area contributed by atoms with E-state index < -0.39 is 0 Å². The Kier molecular flexibility index (Phi) is 6.87. The van der Waals surface area contributed by atoms with Crippen molar-refractivity contribution in [2.24, 2.45) is 5.41 Å². The van der Waals surface area contributed by atoms with Gasteiger partial charge in [-0.05, 0) is 46.0 Å². The van der Waals surface area contributed by atoms with Crippen LogP contribution in [0.25, 0.3) is 0 Å². The monoisotopic (exact) mass is 347 g/mol. The number of Topliss-reactive ketones (excluding diaryl/α,β-unsaturated/α-hetero) is 1. The maximum atomic E-state index is 12.1. The van der Waals surface area contributed by atoms with Crippen LogP contribution in [0.4, 0.5) is 0 Å². The van der Waals surface area contributed by atoms with E-state index in [1.807, 2.05) is 48.4 Å². The number of likely N-dealkylation sites (N-methyl/N-ethyl adjacent to an activating group) is 1. The van der Waals surface area contributed by atoms with Crippen LogP contribution in [0, 0.1) is 17.3 Å². The van der Waals surface area contributed by atoms with E-state index in [2.05, 4.69) is 48.5 Å². The molecule has 0 spiro atoms. The van der Waals surface area contributed by atoms with Crippen LogP contribution in [-0.4, -0.2) is 30.8 Å². The number of allylic oxidation sites excluding steroid dienone is 1. The minimum Gasteiger partial charge on any atom is -0.295 e. The van der Waals surface area contributed by atoms with E-state index in [0.29, 0.717) is 13.1 Å². The van der Waals surface area contributed by atoms with Gasteiger partial charge >= 0.3 is 0 Å². The van der Waals surface area contributed by atoms with Crippen molar-refractivity contribution in [3.8, 4) is 11.8 Å². The smallest absolute Gasteiger partial charge is 0.176 e. The number of halogens is 1. The fourth-order valence-electron chi connectivity index (χ4n) is 1.61. The standard InChI is InChI=1S/C18H22BrNO/c1-18(2,3)11-6-5-7-12-20(4)14-17(21)15-9-8-10-16(19)13-15/h5,7-10,13H,12,14H2,1-4H3. The fraction of sp³-hybridized carbons (Fsp3) is 0.389. The Balaban J connectivity index is 2.46. The fourth-order valence-corrected chi connectivity index (χ4v) is 2.01. The molecule has 0 amide bonds. The van der Waals surface area contributed by atoms with E-state index in [-0.39, 0.29) is 11.2 Å². The van der Waals surface area contributed by atoms with E-state index in [9.17, 15) is 4.79 Å². The molecular formula is C18H22BrNO. The highest BCUT2D eigenvalue weighted by molar-refractivity contribution is 9.10. The molecule has 0 saturated heterocycles. The summed E-state index contributed by atoms with van der Waals surface area (Å²) in [6, 6.07) is 7.48. The summed E-state index contributed by atoms with van der Waals surface area (Å²) in [7, 11) is 1.93. The molecule has 0 aromatic heterocycles. The van der Waals surface area contributed by atoms with E-state index in [1.165, 1.54) is 0 Å². The molecule has 1 rings (SSSR count). The number of hydrogen-bond acceptors (Lipinski definition) is 2. The van der Waals surface area contributed by atoms with Gasteiger partial charge in [-0.2, -0.15) is 0 Å². The van der Waals surface area contributed by atoms with Crippen LogP contribution in [-0.2, 0) is 0 Å². The Morgan fingerprint density at radius 1 is 1.38 bits per heavy atom. The lowest BCUT2D eigenvalue weighted by molar-refractivity contribution is 0.0952. The van der Waals surface area contributed by atoms with Crippen LogP contribution in [0.1, 0.15) is 31.1 Å². The Morgan fingerprint density at radius 3 is 2.71 bits per heavy atom. The average molecular weight is 348 g/mol. The lowest BCUT2D eigenvalue weighted by atomic mass is 9.98. The van der Waals surface area contributed by atoms with E-state index in [0.717, 1.165) is 10.0 Å². The second-order valence-corrected chi connectivity index (χ2v) is 6.97. The first-order valence-electron chi connectivity index (χ1n) is 6.93. The lowest BCUT2D eigenvalue weighted by Crippen LogP contribution is -2.26. The molecule has 0 aliphatic heterocycles. The van der Waals surface area contributed by atoms with Gasteiger partial charge in [-0.1, -0.05) is 46.0 Å². The number of ketones is 1. The van der Waals surface area contributed by atoms with Gasteiger partial charge in [-0.15, -0.1) is 0 Å². The summed E-state index contributed by atoms with van der Waals surface area (Å²) < 4.78 is 0.924. The first kappa shape index (κ1) is 17.7. The third-order valence-corrected chi connectivity index (χ3v) is 3.12. The largest absolute Gasteiger partial charge is 0.295 e. The molecule has 0 radical (unpaired) electrons. The molecule has 3 heteroatoms. The molecule has 0 heterocycles. The normalized spacial score (nSPS) is 11.5. The zero-order chi connectivity index (χ0) is 15.9. The SMILES string of the molecule is CN(CC=CC#CC(C)(C)C)CC(=O)c1cccc(Br)c1. The predicted octanol–water partition coefficient (Wildman–Crippen LogP) is 4.17. The summed E-state index contributed by atoms with van der Waals surface area (Å²) in [5.41, 5.74) is 0.750. The maximum Gasteiger partial charge on any atom is 0.176 e. The van der Waals surface area contributed by atoms with Crippen molar-refractivity contribution in [2.75, 3.05) is 20.1 Å². The molecule has 0 aliphatic carbocycles. The number of hydrogen-bond donors (Lipinski definition) is 0. The first-order valence-corrected chi connectivity index (χ1v) is 7.72. The quantitative estimate of drug-likeness (QED) is 0.588. The second-order valence-electron chi connectivity index (χ2n) is 6.05. The summed E-state index contributed by atoms with van der Waals surface area (Å²) in [5, 5.41) is 0. The van der Waals surface area contributed by atoms with Gasteiger partial charge in [0.1, 0.15) is 0 Å². The first-order chi connectivity index (χ1) is 9.78. The predicted molar refractivity (Wildman–Crippen MR) is 92.3 cm³/mol. The Hall–Kier alpha value is -1.37. The van der Waals surface area contributed by atoms with Crippen LogP contribution in [0.5, 0.6) is 0 Å². The molecule has 0 fully saturated rings. The van der Waals surface area contributed by atoms with Crippen LogP contribution in [0.3, 0.4) is 0 Å². The third kappa shape index (κ3) is 7.84. The lowest BCUT2D eigenvalue weighted by Gasteiger charge is -2.13. The van der Waals surface area contributed by atoms with Crippen LogP contribution < -0.4 is 0 Å². The third-order valence-electron chi connectivity index (χ3n) is 2.63. The number of carbonyl (C=O) groups is 1. The second kappa shape index (κ2) is 8.17. The number of nitrogens with zero attached hydrogens (tertiary/aromatic N) is 1. The van der Waals surface area contributed by atoms with Gasteiger partial charge in [0.25, 0.3) is 0 Å². The van der Waals surface area contributed by atoms with Gasteiger partial charge in [-0.3, -0.25) is 9.69 Å².